The molecule has 0 radical (unpaired) electrons. The summed E-state index contributed by atoms with van der Waals surface area (Å²) < 4.78 is 0. The first-order valence-electron chi connectivity index (χ1n) is 5.26. The second-order valence-corrected chi connectivity index (χ2v) is 4.15. The molecule has 0 saturated heterocycles. The molecule has 1 aromatic rings. The lowest BCUT2D eigenvalue weighted by atomic mass is 10.2. The van der Waals surface area contributed by atoms with E-state index in [0.717, 1.165) is 13.1 Å². The Labute approximate surface area is 101 Å². The highest BCUT2D eigenvalue weighted by molar-refractivity contribution is 6.29. The molecule has 1 rings (SSSR count). The van der Waals surface area contributed by atoms with Gasteiger partial charge in [-0.05, 0) is 12.1 Å². The predicted molar refractivity (Wildman–Crippen MR) is 64.7 cm³/mol. The van der Waals surface area contributed by atoms with Crippen molar-refractivity contribution in [3.05, 3.63) is 35.9 Å². The van der Waals surface area contributed by atoms with Crippen LogP contribution < -0.4 is 0 Å². The lowest BCUT2D eigenvalue weighted by molar-refractivity contribution is -0.137. The molecule has 16 heavy (non-hydrogen) atoms. The fourth-order valence-electron chi connectivity index (χ4n) is 1.45. The van der Waals surface area contributed by atoms with Crippen LogP contribution in [0.5, 0.6) is 0 Å². The summed E-state index contributed by atoms with van der Waals surface area (Å²) in [5, 5.41) is 7.89. The number of hydrogen-bond acceptors (Lipinski definition) is 2. The summed E-state index contributed by atoms with van der Waals surface area (Å²) in [6.45, 7) is 3.87. The Kier molecular flexibility index (Phi) is 5.29. The zero-order valence-electron chi connectivity index (χ0n) is 9.27. The summed E-state index contributed by atoms with van der Waals surface area (Å²) in [6, 6.07) is 9.94. The van der Waals surface area contributed by atoms with Crippen molar-refractivity contribution >= 4 is 17.6 Å². The monoisotopic (exact) mass is 241 g/mol. The highest BCUT2D eigenvalue weighted by Crippen LogP contribution is 2.07. The number of aliphatic carboxylic acids is 1. The van der Waals surface area contributed by atoms with Crippen LogP contribution in [0.1, 0.15) is 12.5 Å². The average Bonchev–Trinajstić information content (AvgIpc) is 2.29. The number of carbonyl (C=O) groups is 1. The highest BCUT2D eigenvalue weighted by Gasteiger charge is 2.17. The Hall–Kier alpha value is -1.06. The van der Waals surface area contributed by atoms with Crippen LogP contribution in [0.15, 0.2) is 30.3 Å². The fourth-order valence-corrected chi connectivity index (χ4v) is 1.65. The van der Waals surface area contributed by atoms with Gasteiger partial charge in [-0.25, -0.2) is 0 Å². The Morgan fingerprint density at radius 1 is 1.44 bits per heavy atom. The van der Waals surface area contributed by atoms with E-state index >= 15 is 0 Å². The van der Waals surface area contributed by atoms with Crippen LogP contribution in [0.25, 0.3) is 0 Å². The number of halogens is 1. The largest absolute Gasteiger partial charge is 0.480 e. The molecule has 0 spiro atoms. The summed E-state index contributed by atoms with van der Waals surface area (Å²) >= 11 is 5.71. The van der Waals surface area contributed by atoms with Gasteiger partial charge < -0.3 is 5.11 Å². The minimum Gasteiger partial charge on any atom is -0.480 e. The minimum absolute atomic E-state index is 0.363. The number of nitrogens with zero attached hydrogens (tertiary/aromatic N) is 1. The van der Waals surface area contributed by atoms with Crippen molar-refractivity contribution in [2.24, 2.45) is 0 Å². The molecule has 0 saturated carbocycles. The third kappa shape index (κ3) is 4.21. The molecule has 0 aliphatic rings. The van der Waals surface area contributed by atoms with Gasteiger partial charge in [0.2, 0.25) is 0 Å². The Morgan fingerprint density at radius 2 is 2.06 bits per heavy atom. The Bertz CT molecular complexity index is 329. The van der Waals surface area contributed by atoms with Crippen LogP contribution in [-0.4, -0.2) is 34.4 Å². The molecule has 0 aliphatic carbocycles. The molecular formula is C12H16ClNO2. The Morgan fingerprint density at radius 3 is 2.56 bits per heavy atom. The second kappa shape index (κ2) is 6.51. The van der Waals surface area contributed by atoms with Crippen molar-refractivity contribution < 1.29 is 9.90 Å². The smallest absolute Gasteiger partial charge is 0.322 e. The number of alkyl halides is 1. The summed E-state index contributed by atoms with van der Waals surface area (Å²) in [5.74, 6) is -0.965. The zero-order chi connectivity index (χ0) is 12.0. The molecule has 1 unspecified atom stereocenters. The van der Waals surface area contributed by atoms with Crippen molar-refractivity contribution in [1.29, 1.82) is 0 Å². The van der Waals surface area contributed by atoms with E-state index in [1.807, 2.05) is 42.2 Å². The molecule has 0 bridgehead atoms. The van der Waals surface area contributed by atoms with Gasteiger partial charge in [-0.3, -0.25) is 9.69 Å². The molecule has 0 fully saturated rings. The molecule has 1 aromatic carbocycles. The van der Waals surface area contributed by atoms with Gasteiger partial charge in [-0.2, -0.15) is 0 Å². The first-order chi connectivity index (χ1) is 7.63. The van der Waals surface area contributed by atoms with Gasteiger partial charge >= 0.3 is 5.97 Å². The topological polar surface area (TPSA) is 40.5 Å². The van der Waals surface area contributed by atoms with Gasteiger partial charge in [0, 0.05) is 13.1 Å². The maximum absolute atomic E-state index is 10.6. The lowest BCUT2D eigenvalue weighted by Gasteiger charge is -2.21. The van der Waals surface area contributed by atoms with E-state index in [0.29, 0.717) is 6.54 Å². The molecule has 4 heteroatoms. The maximum atomic E-state index is 10.6. The quantitative estimate of drug-likeness (QED) is 0.777. The van der Waals surface area contributed by atoms with E-state index in [9.17, 15) is 4.79 Å². The van der Waals surface area contributed by atoms with Gasteiger partial charge in [-0.1, -0.05) is 37.3 Å². The molecule has 3 nitrogen and oxygen atoms in total. The third-order valence-corrected chi connectivity index (χ3v) is 2.71. The van der Waals surface area contributed by atoms with E-state index in [2.05, 4.69) is 0 Å². The van der Waals surface area contributed by atoms with E-state index in [1.54, 1.807) is 0 Å². The van der Waals surface area contributed by atoms with Crippen LogP contribution in [0, 0.1) is 0 Å². The molecule has 1 atom stereocenters. The van der Waals surface area contributed by atoms with Crippen LogP contribution in [0.2, 0.25) is 0 Å². The second-order valence-electron chi connectivity index (χ2n) is 3.62. The van der Waals surface area contributed by atoms with E-state index in [4.69, 9.17) is 16.7 Å². The molecular weight excluding hydrogens is 226 g/mol. The van der Waals surface area contributed by atoms with Crippen molar-refractivity contribution in [3.63, 3.8) is 0 Å². The standard InChI is InChI=1S/C12H16ClNO2/c1-2-14(9-11(13)12(15)16)8-10-6-4-3-5-7-10/h3-7,11H,2,8-9H2,1H3,(H,15,16). The van der Waals surface area contributed by atoms with Crippen LogP contribution in [0.4, 0.5) is 0 Å². The minimum atomic E-state index is -0.965. The zero-order valence-corrected chi connectivity index (χ0v) is 10.0. The molecule has 0 aromatic heterocycles. The highest BCUT2D eigenvalue weighted by atomic mass is 35.5. The van der Waals surface area contributed by atoms with Crippen molar-refractivity contribution in [3.8, 4) is 0 Å². The lowest BCUT2D eigenvalue weighted by Crippen LogP contribution is -2.33. The van der Waals surface area contributed by atoms with Gasteiger partial charge in [0.1, 0.15) is 5.38 Å². The van der Waals surface area contributed by atoms with Gasteiger partial charge in [0.25, 0.3) is 0 Å². The average molecular weight is 242 g/mol. The number of benzene rings is 1. The Balaban J connectivity index is 2.53. The molecule has 1 N–H and O–H groups in total. The first-order valence-corrected chi connectivity index (χ1v) is 5.70. The number of rotatable bonds is 6. The molecule has 0 heterocycles. The molecule has 88 valence electrons. The number of carboxylic acid groups (broad SMARTS) is 1. The normalized spacial score (nSPS) is 12.7. The first kappa shape index (κ1) is 13.0. The molecule has 0 aliphatic heterocycles. The number of hydrogen-bond donors (Lipinski definition) is 1. The van der Waals surface area contributed by atoms with Crippen LogP contribution >= 0.6 is 11.6 Å². The third-order valence-electron chi connectivity index (χ3n) is 2.38. The summed E-state index contributed by atoms with van der Waals surface area (Å²) in [6.07, 6.45) is 0. The fraction of sp³-hybridized carbons (Fsp3) is 0.417. The van der Waals surface area contributed by atoms with E-state index in [-0.39, 0.29) is 0 Å². The van der Waals surface area contributed by atoms with E-state index in [1.165, 1.54) is 5.56 Å². The van der Waals surface area contributed by atoms with E-state index < -0.39 is 11.3 Å². The van der Waals surface area contributed by atoms with Gasteiger partial charge in [0.05, 0.1) is 0 Å². The SMILES string of the molecule is CCN(Cc1ccccc1)CC(Cl)C(=O)O. The van der Waals surface area contributed by atoms with Crippen molar-refractivity contribution in [1.82, 2.24) is 4.90 Å². The van der Waals surface area contributed by atoms with Crippen molar-refractivity contribution in [2.75, 3.05) is 13.1 Å². The van der Waals surface area contributed by atoms with Crippen LogP contribution in [-0.2, 0) is 11.3 Å². The van der Waals surface area contributed by atoms with Crippen LogP contribution in [0.3, 0.4) is 0 Å². The maximum Gasteiger partial charge on any atom is 0.322 e. The summed E-state index contributed by atoms with van der Waals surface area (Å²) in [5.41, 5.74) is 1.17. The summed E-state index contributed by atoms with van der Waals surface area (Å²) in [7, 11) is 0. The van der Waals surface area contributed by atoms with Crippen molar-refractivity contribution in [2.45, 2.75) is 18.8 Å². The van der Waals surface area contributed by atoms with Gasteiger partial charge in [0.15, 0.2) is 0 Å². The molecule has 0 amide bonds. The predicted octanol–water partition coefficient (Wildman–Crippen LogP) is 2.20. The number of carboxylic acids is 1. The summed E-state index contributed by atoms with van der Waals surface area (Å²) in [4.78, 5) is 12.7. The van der Waals surface area contributed by atoms with Gasteiger partial charge in [-0.15, -0.1) is 11.6 Å².